The van der Waals surface area contributed by atoms with Crippen LogP contribution in [0.25, 0.3) is 0 Å². The van der Waals surface area contributed by atoms with Crippen LogP contribution in [0.4, 0.5) is 4.39 Å². The van der Waals surface area contributed by atoms with Crippen molar-refractivity contribution in [1.82, 2.24) is 19.9 Å². The molecule has 1 fully saturated rings. The molecule has 26 heavy (non-hydrogen) atoms. The second kappa shape index (κ2) is 7.29. The maximum atomic E-state index is 13.8. The number of benzene rings is 2. The first-order valence-electron chi connectivity index (χ1n) is 8.29. The molecule has 1 aliphatic rings. The lowest BCUT2D eigenvalue weighted by Gasteiger charge is -2.22. The second-order valence-electron chi connectivity index (χ2n) is 6.10. The molecule has 132 valence electrons. The molecule has 0 bridgehead atoms. The number of hydrogen-bond acceptors (Lipinski definition) is 4. The number of amides is 1. The van der Waals surface area contributed by atoms with Gasteiger partial charge in [0, 0.05) is 12.1 Å². The quantitative estimate of drug-likeness (QED) is 0.694. The highest BCUT2D eigenvalue weighted by molar-refractivity contribution is 8.00. The Kier molecular flexibility index (Phi) is 4.71. The maximum absolute atomic E-state index is 13.8. The molecule has 0 aliphatic carbocycles. The summed E-state index contributed by atoms with van der Waals surface area (Å²) >= 11 is 1.54. The Morgan fingerprint density at radius 3 is 2.65 bits per heavy atom. The Balaban J connectivity index is 1.52. The van der Waals surface area contributed by atoms with Crippen molar-refractivity contribution in [3.63, 3.8) is 0 Å². The minimum Gasteiger partial charge on any atom is -0.320 e. The van der Waals surface area contributed by atoms with Crippen LogP contribution in [0.3, 0.4) is 0 Å². The third kappa shape index (κ3) is 3.48. The number of halogens is 1. The van der Waals surface area contributed by atoms with Gasteiger partial charge in [0.05, 0.1) is 18.5 Å². The molecule has 0 saturated carbocycles. The van der Waals surface area contributed by atoms with Crippen LogP contribution in [-0.2, 0) is 17.9 Å². The van der Waals surface area contributed by atoms with Gasteiger partial charge in [0.15, 0.2) is 0 Å². The van der Waals surface area contributed by atoms with Gasteiger partial charge in [-0.25, -0.2) is 9.07 Å². The minimum atomic E-state index is -0.263. The van der Waals surface area contributed by atoms with Crippen LogP contribution < -0.4 is 0 Å². The molecule has 3 aromatic rings. The zero-order valence-corrected chi connectivity index (χ0v) is 14.8. The van der Waals surface area contributed by atoms with Crippen LogP contribution >= 0.6 is 11.8 Å². The van der Waals surface area contributed by atoms with Crippen LogP contribution in [-0.4, -0.2) is 31.6 Å². The van der Waals surface area contributed by atoms with Crippen LogP contribution in [0.1, 0.15) is 22.2 Å². The number of carbonyl (C=O) groups is 1. The van der Waals surface area contributed by atoms with Gasteiger partial charge in [0.25, 0.3) is 0 Å². The normalized spacial score (nSPS) is 17.0. The molecule has 5 nitrogen and oxygen atoms in total. The van der Waals surface area contributed by atoms with Gasteiger partial charge in [-0.15, -0.1) is 16.9 Å². The molecule has 4 rings (SSSR count). The van der Waals surface area contributed by atoms with E-state index in [1.54, 1.807) is 40.8 Å². The van der Waals surface area contributed by atoms with Gasteiger partial charge in [-0.05, 0) is 11.6 Å². The zero-order chi connectivity index (χ0) is 17.9. The number of rotatable bonds is 5. The molecule has 0 spiro atoms. The number of nitrogens with zero attached hydrogens (tertiary/aromatic N) is 4. The largest absolute Gasteiger partial charge is 0.320 e. The molecular formula is C19H17FN4OS. The summed E-state index contributed by atoms with van der Waals surface area (Å²) in [7, 11) is 0. The summed E-state index contributed by atoms with van der Waals surface area (Å²) in [5.74, 6) is 0.255. The van der Waals surface area contributed by atoms with E-state index in [-0.39, 0.29) is 17.1 Å². The average Bonchev–Trinajstić information content (AvgIpc) is 3.25. The van der Waals surface area contributed by atoms with E-state index in [9.17, 15) is 9.18 Å². The van der Waals surface area contributed by atoms with Crippen molar-refractivity contribution in [2.75, 3.05) is 5.75 Å². The fourth-order valence-corrected chi connectivity index (χ4v) is 4.07. The summed E-state index contributed by atoms with van der Waals surface area (Å²) in [5.41, 5.74) is 2.35. The van der Waals surface area contributed by atoms with Gasteiger partial charge in [-0.1, -0.05) is 53.7 Å². The summed E-state index contributed by atoms with van der Waals surface area (Å²) in [4.78, 5) is 14.1. The fraction of sp³-hybridized carbons (Fsp3) is 0.211. The molecule has 0 N–H and O–H groups in total. The number of carbonyl (C=O) groups excluding carboxylic acids is 1. The Morgan fingerprint density at radius 2 is 1.85 bits per heavy atom. The highest BCUT2D eigenvalue weighted by Crippen LogP contribution is 2.38. The van der Waals surface area contributed by atoms with Gasteiger partial charge in [0.1, 0.15) is 16.9 Å². The third-order valence-corrected chi connectivity index (χ3v) is 5.49. The van der Waals surface area contributed by atoms with E-state index in [4.69, 9.17) is 0 Å². The minimum absolute atomic E-state index is 0.0903. The zero-order valence-electron chi connectivity index (χ0n) is 14.0. The second-order valence-corrected chi connectivity index (χ2v) is 7.17. The predicted molar refractivity (Wildman–Crippen MR) is 97.7 cm³/mol. The first-order chi connectivity index (χ1) is 12.7. The van der Waals surface area contributed by atoms with Gasteiger partial charge in [-0.3, -0.25) is 4.79 Å². The molecule has 1 unspecified atom stereocenters. The van der Waals surface area contributed by atoms with Crippen LogP contribution in [0.15, 0.2) is 60.8 Å². The molecule has 1 aliphatic heterocycles. The van der Waals surface area contributed by atoms with E-state index in [0.29, 0.717) is 30.1 Å². The summed E-state index contributed by atoms with van der Waals surface area (Å²) in [5, 5.41) is 8.17. The summed E-state index contributed by atoms with van der Waals surface area (Å²) in [6.45, 7) is 0.848. The molecule has 1 aromatic heterocycles. The van der Waals surface area contributed by atoms with Crippen molar-refractivity contribution in [2.24, 2.45) is 0 Å². The SMILES string of the molecule is O=C1CSC(c2cn(Cc3ccccc3F)nn2)N1Cc1ccccc1. The smallest absolute Gasteiger partial charge is 0.234 e. The third-order valence-electron chi connectivity index (χ3n) is 4.26. The Hall–Kier alpha value is -2.67. The van der Waals surface area contributed by atoms with Crippen molar-refractivity contribution in [2.45, 2.75) is 18.5 Å². The molecule has 2 heterocycles. The van der Waals surface area contributed by atoms with Gasteiger partial charge in [0.2, 0.25) is 5.91 Å². The monoisotopic (exact) mass is 368 g/mol. The van der Waals surface area contributed by atoms with Crippen molar-refractivity contribution in [1.29, 1.82) is 0 Å². The van der Waals surface area contributed by atoms with Crippen LogP contribution in [0.5, 0.6) is 0 Å². The summed E-state index contributed by atoms with van der Waals surface area (Å²) < 4.78 is 15.4. The van der Waals surface area contributed by atoms with Crippen molar-refractivity contribution in [3.8, 4) is 0 Å². The predicted octanol–water partition coefficient (Wildman–Crippen LogP) is 3.24. The molecule has 1 atom stereocenters. The van der Waals surface area contributed by atoms with E-state index in [2.05, 4.69) is 10.3 Å². The molecule has 7 heteroatoms. The van der Waals surface area contributed by atoms with Crippen LogP contribution in [0.2, 0.25) is 0 Å². The lowest BCUT2D eigenvalue weighted by molar-refractivity contribution is -0.128. The van der Waals surface area contributed by atoms with E-state index in [1.165, 1.54) is 6.07 Å². The number of aromatic nitrogens is 3. The van der Waals surface area contributed by atoms with E-state index >= 15 is 0 Å². The standard InChI is InChI=1S/C19H17FN4OS/c20-16-9-5-4-8-15(16)11-23-12-17(21-22-23)19-24(18(25)13-26-19)10-14-6-2-1-3-7-14/h1-9,12,19H,10-11,13H2. The van der Waals surface area contributed by atoms with Crippen molar-refractivity contribution in [3.05, 3.63) is 83.4 Å². The van der Waals surface area contributed by atoms with E-state index in [1.807, 2.05) is 35.2 Å². The lowest BCUT2D eigenvalue weighted by Crippen LogP contribution is -2.27. The number of thioether (sulfide) groups is 1. The molecule has 1 saturated heterocycles. The van der Waals surface area contributed by atoms with E-state index < -0.39 is 0 Å². The van der Waals surface area contributed by atoms with Crippen molar-refractivity contribution >= 4 is 17.7 Å². The topological polar surface area (TPSA) is 51.0 Å². The highest BCUT2D eigenvalue weighted by atomic mass is 32.2. The maximum Gasteiger partial charge on any atom is 0.234 e. The first kappa shape index (κ1) is 16.8. The Bertz CT molecular complexity index is 915. The first-order valence-corrected chi connectivity index (χ1v) is 9.34. The van der Waals surface area contributed by atoms with Crippen LogP contribution in [0, 0.1) is 5.82 Å². The van der Waals surface area contributed by atoms with Gasteiger partial charge < -0.3 is 4.90 Å². The molecule has 1 amide bonds. The Morgan fingerprint density at radius 1 is 1.08 bits per heavy atom. The van der Waals surface area contributed by atoms with E-state index in [0.717, 1.165) is 5.56 Å². The summed E-state index contributed by atoms with van der Waals surface area (Å²) in [6.07, 6.45) is 1.79. The highest BCUT2D eigenvalue weighted by Gasteiger charge is 2.34. The average molecular weight is 368 g/mol. The van der Waals surface area contributed by atoms with Gasteiger partial charge in [-0.2, -0.15) is 0 Å². The molecule has 0 radical (unpaired) electrons. The molecular weight excluding hydrogens is 351 g/mol. The summed E-state index contributed by atoms with van der Waals surface area (Å²) in [6, 6.07) is 16.5. The molecule has 2 aromatic carbocycles. The van der Waals surface area contributed by atoms with Gasteiger partial charge >= 0.3 is 0 Å². The number of hydrogen-bond donors (Lipinski definition) is 0. The fourth-order valence-electron chi connectivity index (χ4n) is 2.96. The lowest BCUT2D eigenvalue weighted by atomic mass is 10.2. The van der Waals surface area contributed by atoms with Crippen molar-refractivity contribution < 1.29 is 9.18 Å². The Labute approximate surface area is 154 Å².